The van der Waals surface area contributed by atoms with E-state index in [9.17, 15) is 0 Å². The van der Waals surface area contributed by atoms with E-state index in [2.05, 4.69) is 170 Å². The Hall–Kier alpha value is -7.01. The van der Waals surface area contributed by atoms with Crippen LogP contribution in [0.4, 0.5) is 0 Å². The topological polar surface area (TPSA) is 38.7 Å². The van der Waals surface area contributed by atoms with Crippen LogP contribution < -0.4 is 0 Å². The number of fused-ring (bicyclic) bond motifs is 13. The molecule has 260 valence electrons. The Kier molecular flexibility index (Phi) is 6.72. The van der Waals surface area contributed by atoms with E-state index in [0.29, 0.717) is 17.5 Å². The van der Waals surface area contributed by atoms with Crippen LogP contribution in [0, 0.1) is 0 Å². The molecule has 0 amide bonds. The summed E-state index contributed by atoms with van der Waals surface area (Å²) in [7, 11) is 0. The number of aromatic nitrogens is 3. The second-order valence-electron chi connectivity index (χ2n) is 14.7. The Morgan fingerprint density at radius 1 is 0.321 bits per heavy atom. The first-order valence-electron chi connectivity index (χ1n) is 19.0. The molecule has 0 radical (unpaired) electrons. The zero-order valence-electron chi connectivity index (χ0n) is 30.1. The quantitative estimate of drug-likeness (QED) is 0.181. The monoisotopic (exact) mass is 729 g/mol. The summed E-state index contributed by atoms with van der Waals surface area (Å²) in [6.45, 7) is 0. The number of hydrogen-bond donors (Lipinski definition) is 0. The van der Waals surface area contributed by atoms with Crippen LogP contribution in [0.5, 0.6) is 0 Å². The largest absolute Gasteiger partial charge is 0.208 e. The van der Waals surface area contributed by atoms with Gasteiger partial charge >= 0.3 is 0 Å². The van der Waals surface area contributed by atoms with Gasteiger partial charge in [-0.3, -0.25) is 0 Å². The molecule has 0 aliphatic heterocycles. The lowest BCUT2D eigenvalue weighted by molar-refractivity contribution is 0.794. The lowest BCUT2D eigenvalue weighted by Crippen LogP contribution is -2.25. The highest BCUT2D eigenvalue weighted by molar-refractivity contribution is 7.26. The fraction of sp³-hybridized carbons (Fsp3) is 0.0192. The van der Waals surface area contributed by atoms with Crippen LogP contribution in [0.25, 0.3) is 87.7 Å². The normalized spacial score (nSPS) is 13.1. The van der Waals surface area contributed by atoms with E-state index < -0.39 is 0 Å². The van der Waals surface area contributed by atoms with Crippen molar-refractivity contribution in [2.45, 2.75) is 5.41 Å². The molecule has 2 aliphatic rings. The van der Waals surface area contributed by atoms with E-state index in [-0.39, 0.29) is 5.41 Å². The lowest BCUT2D eigenvalue weighted by atomic mass is 9.70. The standard InChI is InChI=1S/C52H31N3S/c1-2-14-32(15-3-1)49-53-50(55-51(54-49)41-23-13-22-40-39-21-7-11-27-47(39)56-48(40)41)35-17-12-16-33(30-35)34-28-29-46-42(31-34)38-20-6-10-26-45(38)52(46)43-24-8-4-18-36(43)37-19-5-9-25-44(37)52/h1-31H. The maximum Gasteiger partial charge on any atom is 0.165 e. The van der Waals surface area contributed by atoms with E-state index in [1.54, 1.807) is 11.3 Å². The first-order valence-corrected chi connectivity index (χ1v) is 19.8. The van der Waals surface area contributed by atoms with Crippen molar-refractivity contribution in [3.63, 3.8) is 0 Å². The molecule has 2 aliphatic carbocycles. The van der Waals surface area contributed by atoms with Crippen LogP contribution in [0.2, 0.25) is 0 Å². The van der Waals surface area contributed by atoms with Gasteiger partial charge in [0.25, 0.3) is 0 Å². The molecule has 0 N–H and O–H groups in total. The molecule has 0 atom stereocenters. The number of benzene rings is 8. The number of rotatable bonds is 4. The third kappa shape index (κ3) is 4.42. The average Bonchev–Trinajstić information content (AvgIpc) is 3.91. The Morgan fingerprint density at radius 2 is 0.821 bits per heavy atom. The van der Waals surface area contributed by atoms with Gasteiger partial charge in [-0.2, -0.15) is 0 Å². The lowest BCUT2D eigenvalue weighted by Gasteiger charge is -2.30. The Bertz CT molecular complexity index is 3170. The summed E-state index contributed by atoms with van der Waals surface area (Å²) >= 11 is 1.79. The predicted octanol–water partition coefficient (Wildman–Crippen LogP) is 13.3. The van der Waals surface area contributed by atoms with Crippen LogP contribution in [0.1, 0.15) is 22.3 Å². The van der Waals surface area contributed by atoms with Crippen molar-refractivity contribution in [3.05, 3.63) is 210 Å². The molecule has 2 aromatic heterocycles. The van der Waals surface area contributed by atoms with E-state index in [1.165, 1.54) is 64.7 Å². The fourth-order valence-electron chi connectivity index (χ4n) is 9.38. The van der Waals surface area contributed by atoms with E-state index >= 15 is 0 Å². The van der Waals surface area contributed by atoms with E-state index in [0.717, 1.165) is 27.8 Å². The molecule has 2 heterocycles. The Morgan fingerprint density at radius 3 is 1.57 bits per heavy atom. The molecule has 0 bridgehead atoms. The van der Waals surface area contributed by atoms with Crippen LogP contribution in [0.3, 0.4) is 0 Å². The second-order valence-corrected chi connectivity index (χ2v) is 15.7. The first-order chi connectivity index (χ1) is 27.8. The molecular weight excluding hydrogens is 699 g/mol. The smallest absolute Gasteiger partial charge is 0.165 e. The molecule has 3 nitrogen and oxygen atoms in total. The Balaban J connectivity index is 1.02. The minimum atomic E-state index is -0.355. The summed E-state index contributed by atoms with van der Waals surface area (Å²) < 4.78 is 2.44. The molecule has 0 fully saturated rings. The van der Waals surface area contributed by atoms with Crippen molar-refractivity contribution in [3.8, 4) is 67.5 Å². The van der Waals surface area contributed by atoms with Gasteiger partial charge in [-0.25, -0.2) is 15.0 Å². The SMILES string of the molecule is c1ccc(-c2nc(-c3cccc(-c4ccc5c(c4)-c4ccccc4C54c5ccccc5-c5ccccc54)c3)nc(-c3cccc4c3sc3ccccc34)n2)cc1. The third-order valence-corrected chi connectivity index (χ3v) is 13.0. The fourth-order valence-corrected chi connectivity index (χ4v) is 10.6. The highest BCUT2D eigenvalue weighted by Crippen LogP contribution is 2.63. The van der Waals surface area contributed by atoms with Gasteiger partial charge in [0, 0.05) is 36.9 Å². The van der Waals surface area contributed by atoms with Gasteiger partial charge < -0.3 is 0 Å². The summed E-state index contributed by atoms with van der Waals surface area (Å²) in [6.07, 6.45) is 0. The highest BCUT2D eigenvalue weighted by atomic mass is 32.1. The second kappa shape index (κ2) is 12.0. The summed E-state index contributed by atoms with van der Waals surface area (Å²) in [4.78, 5) is 15.4. The number of nitrogens with zero attached hydrogens (tertiary/aromatic N) is 3. The summed E-state index contributed by atoms with van der Waals surface area (Å²) in [5.41, 5.74) is 15.4. The van der Waals surface area contributed by atoms with Crippen molar-refractivity contribution < 1.29 is 0 Å². The molecule has 0 unspecified atom stereocenters. The number of hydrogen-bond acceptors (Lipinski definition) is 4. The van der Waals surface area contributed by atoms with Crippen molar-refractivity contribution in [2.75, 3.05) is 0 Å². The maximum absolute atomic E-state index is 5.22. The van der Waals surface area contributed by atoms with Gasteiger partial charge in [0.05, 0.1) is 5.41 Å². The summed E-state index contributed by atoms with van der Waals surface area (Å²) in [6, 6.07) is 67.9. The predicted molar refractivity (Wildman–Crippen MR) is 231 cm³/mol. The molecule has 0 saturated heterocycles. The van der Waals surface area contributed by atoms with Crippen LogP contribution in [-0.2, 0) is 5.41 Å². The third-order valence-electron chi connectivity index (χ3n) is 11.8. The summed E-state index contributed by atoms with van der Waals surface area (Å²) in [5.74, 6) is 1.98. The van der Waals surface area contributed by atoms with E-state index in [1.807, 2.05) is 18.2 Å². The molecule has 0 saturated carbocycles. The first kappa shape index (κ1) is 31.4. The van der Waals surface area contributed by atoms with E-state index in [4.69, 9.17) is 15.0 Å². The van der Waals surface area contributed by atoms with Crippen molar-refractivity contribution in [2.24, 2.45) is 0 Å². The van der Waals surface area contributed by atoms with Gasteiger partial charge in [-0.05, 0) is 79.9 Å². The maximum atomic E-state index is 5.22. The molecule has 56 heavy (non-hydrogen) atoms. The van der Waals surface area contributed by atoms with Crippen LogP contribution in [-0.4, -0.2) is 15.0 Å². The molecular formula is C52H31N3S. The highest BCUT2D eigenvalue weighted by Gasteiger charge is 2.51. The minimum absolute atomic E-state index is 0.355. The zero-order chi connectivity index (χ0) is 36.8. The van der Waals surface area contributed by atoms with Crippen LogP contribution in [0.15, 0.2) is 188 Å². The zero-order valence-corrected chi connectivity index (χ0v) is 31.0. The average molecular weight is 730 g/mol. The molecule has 1 spiro atoms. The van der Waals surface area contributed by atoms with Gasteiger partial charge in [0.1, 0.15) is 0 Å². The van der Waals surface area contributed by atoms with Crippen molar-refractivity contribution in [1.82, 2.24) is 15.0 Å². The van der Waals surface area contributed by atoms with Crippen LogP contribution >= 0.6 is 11.3 Å². The summed E-state index contributed by atoms with van der Waals surface area (Å²) in [5, 5.41) is 2.47. The van der Waals surface area contributed by atoms with Gasteiger partial charge in [-0.1, -0.05) is 164 Å². The molecule has 12 rings (SSSR count). The molecule has 10 aromatic rings. The van der Waals surface area contributed by atoms with Crippen molar-refractivity contribution >= 4 is 31.5 Å². The molecule has 4 heteroatoms. The Labute approximate surface area is 328 Å². The van der Waals surface area contributed by atoms with Gasteiger partial charge in [-0.15, -0.1) is 11.3 Å². The van der Waals surface area contributed by atoms with Crippen molar-refractivity contribution in [1.29, 1.82) is 0 Å². The van der Waals surface area contributed by atoms with Gasteiger partial charge in [0.15, 0.2) is 17.5 Å². The van der Waals surface area contributed by atoms with Gasteiger partial charge in [0.2, 0.25) is 0 Å². The number of thiophene rings is 1. The molecule has 8 aromatic carbocycles. The minimum Gasteiger partial charge on any atom is -0.208 e.